The molecule has 3 rings (SSSR count). The maximum atomic E-state index is 12.3. The Bertz CT molecular complexity index is 573. The second-order valence-electron chi connectivity index (χ2n) is 4.89. The number of benzene rings is 1. The van der Waals surface area contributed by atoms with Crippen molar-refractivity contribution in [2.24, 2.45) is 5.41 Å². The van der Waals surface area contributed by atoms with Crippen LogP contribution in [0.25, 0.3) is 0 Å². The molecule has 1 aliphatic carbocycles. The second kappa shape index (κ2) is 4.16. The van der Waals surface area contributed by atoms with Crippen LogP contribution in [0.4, 0.5) is 5.69 Å². The number of fused-ring (bicyclic) bond motifs is 1. The molecule has 98 valence electrons. The first kappa shape index (κ1) is 11.8. The number of amides is 1. The van der Waals surface area contributed by atoms with Crippen molar-refractivity contribution in [1.82, 2.24) is 0 Å². The molecule has 1 aromatic rings. The zero-order valence-corrected chi connectivity index (χ0v) is 10.7. The molecule has 0 atom stereocenters. The van der Waals surface area contributed by atoms with Gasteiger partial charge >= 0.3 is 0 Å². The maximum Gasteiger partial charge on any atom is 0.247 e. The summed E-state index contributed by atoms with van der Waals surface area (Å²) in [7, 11) is 1.69. The van der Waals surface area contributed by atoms with Crippen molar-refractivity contribution in [3.05, 3.63) is 18.2 Å². The van der Waals surface area contributed by atoms with Gasteiger partial charge in [-0.15, -0.1) is 0 Å². The summed E-state index contributed by atoms with van der Waals surface area (Å²) in [5.41, 5.74) is -0.0853. The standard InChI is InChI=1S/C14H14N2O3/c1-16(13(17)14(9-15)4-5-14)10-2-3-11-12(8-10)19-7-6-18-11/h2-3,8H,4-7H2,1H3. The molecular weight excluding hydrogens is 244 g/mol. The normalized spacial score (nSPS) is 18.3. The van der Waals surface area contributed by atoms with E-state index in [1.807, 2.05) is 0 Å². The van der Waals surface area contributed by atoms with E-state index in [0.717, 1.165) is 5.69 Å². The number of hydrogen-bond donors (Lipinski definition) is 0. The van der Waals surface area contributed by atoms with Crippen molar-refractivity contribution < 1.29 is 14.3 Å². The van der Waals surface area contributed by atoms with Gasteiger partial charge < -0.3 is 14.4 Å². The summed E-state index contributed by atoms with van der Waals surface area (Å²) in [6.45, 7) is 1.05. The fourth-order valence-corrected chi connectivity index (χ4v) is 2.18. The minimum absolute atomic E-state index is 0.147. The third-order valence-electron chi connectivity index (χ3n) is 3.59. The highest BCUT2D eigenvalue weighted by Crippen LogP contribution is 2.47. The van der Waals surface area contributed by atoms with Gasteiger partial charge in [0.25, 0.3) is 0 Å². The molecule has 0 spiro atoms. The Kier molecular flexibility index (Phi) is 2.59. The van der Waals surface area contributed by atoms with E-state index < -0.39 is 5.41 Å². The van der Waals surface area contributed by atoms with Gasteiger partial charge in [-0.05, 0) is 25.0 Å². The Morgan fingerprint density at radius 2 is 2.00 bits per heavy atom. The van der Waals surface area contributed by atoms with E-state index in [4.69, 9.17) is 14.7 Å². The summed E-state index contributed by atoms with van der Waals surface area (Å²) in [6, 6.07) is 7.49. The first-order valence-corrected chi connectivity index (χ1v) is 6.25. The van der Waals surface area contributed by atoms with E-state index in [1.54, 1.807) is 25.2 Å². The number of hydrogen-bond acceptors (Lipinski definition) is 4. The van der Waals surface area contributed by atoms with Gasteiger partial charge in [-0.2, -0.15) is 5.26 Å². The van der Waals surface area contributed by atoms with Gasteiger partial charge in [0.05, 0.1) is 6.07 Å². The van der Waals surface area contributed by atoms with Gasteiger partial charge in [-0.1, -0.05) is 0 Å². The molecule has 0 bridgehead atoms. The fraction of sp³-hybridized carbons (Fsp3) is 0.429. The predicted octanol–water partition coefficient (Wildman–Crippen LogP) is 1.72. The summed E-state index contributed by atoms with van der Waals surface area (Å²) in [5.74, 6) is 1.19. The van der Waals surface area contributed by atoms with E-state index in [2.05, 4.69) is 6.07 Å². The van der Waals surface area contributed by atoms with Crippen LogP contribution >= 0.6 is 0 Å². The van der Waals surface area contributed by atoms with E-state index in [0.29, 0.717) is 37.6 Å². The molecule has 0 N–H and O–H groups in total. The second-order valence-corrected chi connectivity index (χ2v) is 4.89. The van der Waals surface area contributed by atoms with Crippen molar-refractivity contribution in [3.8, 4) is 17.6 Å². The Morgan fingerprint density at radius 1 is 1.32 bits per heavy atom. The Hall–Kier alpha value is -2.22. The molecular formula is C14H14N2O3. The van der Waals surface area contributed by atoms with Crippen molar-refractivity contribution in [2.75, 3.05) is 25.2 Å². The molecule has 0 unspecified atom stereocenters. The Morgan fingerprint density at radius 3 is 2.63 bits per heavy atom. The van der Waals surface area contributed by atoms with Crippen LogP contribution in [0.2, 0.25) is 0 Å². The summed E-state index contributed by atoms with van der Waals surface area (Å²) < 4.78 is 10.9. The van der Waals surface area contributed by atoms with Crippen LogP contribution in [-0.4, -0.2) is 26.2 Å². The first-order chi connectivity index (χ1) is 9.16. The predicted molar refractivity (Wildman–Crippen MR) is 68.1 cm³/mol. The molecule has 5 heteroatoms. The van der Waals surface area contributed by atoms with E-state index in [9.17, 15) is 4.79 Å². The van der Waals surface area contributed by atoms with Gasteiger partial charge in [0.15, 0.2) is 11.5 Å². The highest BCUT2D eigenvalue weighted by molar-refractivity contribution is 6.01. The maximum absolute atomic E-state index is 12.3. The van der Waals surface area contributed by atoms with Gasteiger partial charge in [0.1, 0.15) is 18.6 Å². The van der Waals surface area contributed by atoms with Crippen LogP contribution in [0.3, 0.4) is 0 Å². The van der Waals surface area contributed by atoms with Crippen molar-refractivity contribution in [3.63, 3.8) is 0 Å². The number of nitriles is 1. The number of carbonyl (C=O) groups excluding carboxylic acids is 1. The average Bonchev–Trinajstić information content (AvgIpc) is 3.26. The van der Waals surface area contributed by atoms with E-state index in [1.165, 1.54) is 4.90 Å². The zero-order valence-electron chi connectivity index (χ0n) is 10.7. The lowest BCUT2D eigenvalue weighted by Crippen LogP contribution is -2.33. The fourth-order valence-electron chi connectivity index (χ4n) is 2.18. The molecule has 0 radical (unpaired) electrons. The molecule has 1 fully saturated rings. The monoisotopic (exact) mass is 258 g/mol. The van der Waals surface area contributed by atoms with E-state index >= 15 is 0 Å². The van der Waals surface area contributed by atoms with Crippen molar-refractivity contribution >= 4 is 11.6 Å². The number of nitrogens with zero attached hydrogens (tertiary/aromatic N) is 2. The molecule has 19 heavy (non-hydrogen) atoms. The lowest BCUT2D eigenvalue weighted by molar-refractivity contribution is -0.121. The number of anilines is 1. The molecule has 0 aromatic heterocycles. The Balaban J connectivity index is 1.86. The summed E-state index contributed by atoms with van der Waals surface area (Å²) in [5, 5.41) is 9.07. The highest BCUT2D eigenvalue weighted by atomic mass is 16.6. The lowest BCUT2D eigenvalue weighted by atomic mass is 10.1. The molecule has 1 aromatic carbocycles. The van der Waals surface area contributed by atoms with Gasteiger partial charge in [-0.3, -0.25) is 4.79 Å². The van der Waals surface area contributed by atoms with Gasteiger partial charge in [-0.25, -0.2) is 0 Å². The van der Waals surface area contributed by atoms with Crippen LogP contribution in [0, 0.1) is 16.7 Å². The highest BCUT2D eigenvalue weighted by Gasteiger charge is 2.52. The smallest absolute Gasteiger partial charge is 0.247 e. The van der Waals surface area contributed by atoms with Gasteiger partial charge in [0.2, 0.25) is 5.91 Å². The van der Waals surface area contributed by atoms with Crippen LogP contribution in [0.15, 0.2) is 18.2 Å². The van der Waals surface area contributed by atoms with Crippen molar-refractivity contribution in [1.29, 1.82) is 5.26 Å². The average molecular weight is 258 g/mol. The Labute approximate surface area is 111 Å². The number of carbonyl (C=O) groups is 1. The zero-order chi connectivity index (χ0) is 13.5. The number of rotatable bonds is 2. The third-order valence-corrected chi connectivity index (χ3v) is 3.59. The number of ether oxygens (including phenoxy) is 2. The third kappa shape index (κ3) is 1.89. The van der Waals surface area contributed by atoms with Gasteiger partial charge in [0, 0.05) is 18.8 Å². The summed E-state index contributed by atoms with van der Waals surface area (Å²) in [4.78, 5) is 13.8. The quantitative estimate of drug-likeness (QED) is 0.810. The first-order valence-electron chi connectivity index (χ1n) is 6.25. The largest absolute Gasteiger partial charge is 0.486 e. The van der Waals surface area contributed by atoms with Crippen LogP contribution in [0.5, 0.6) is 11.5 Å². The molecule has 1 heterocycles. The molecule has 1 amide bonds. The van der Waals surface area contributed by atoms with Crippen LogP contribution in [-0.2, 0) is 4.79 Å². The molecule has 1 aliphatic heterocycles. The van der Waals surface area contributed by atoms with Crippen LogP contribution < -0.4 is 14.4 Å². The molecule has 5 nitrogen and oxygen atoms in total. The topological polar surface area (TPSA) is 62.6 Å². The van der Waals surface area contributed by atoms with Crippen LogP contribution in [0.1, 0.15) is 12.8 Å². The molecule has 1 saturated carbocycles. The molecule has 0 saturated heterocycles. The molecule has 2 aliphatic rings. The minimum Gasteiger partial charge on any atom is -0.486 e. The SMILES string of the molecule is CN(C(=O)C1(C#N)CC1)c1ccc2c(c1)OCCO2. The summed E-state index contributed by atoms with van der Waals surface area (Å²) >= 11 is 0. The minimum atomic E-state index is -0.804. The lowest BCUT2D eigenvalue weighted by Gasteiger charge is -2.23. The van der Waals surface area contributed by atoms with E-state index in [-0.39, 0.29) is 5.91 Å². The van der Waals surface area contributed by atoms with Crippen molar-refractivity contribution in [2.45, 2.75) is 12.8 Å². The summed E-state index contributed by atoms with van der Waals surface area (Å²) in [6.07, 6.45) is 1.30.